The van der Waals surface area contributed by atoms with Gasteiger partial charge in [0.2, 0.25) is 5.88 Å². The number of aromatic nitrogens is 3. The van der Waals surface area contributed by atoms with Crippen LogP contribution in [0.3, 0.4) is 0 Å². The van der Waals surface area contributed by atoms with Crippen molar-refractivity contribution in [2.75, 3.05) is 6.61 Å². The van der Waals surface area contributed by atoms with Crippen LogP contribution in [-0.2, 0) is 24.3 Å². The van der Waals surface area contributed by atoms with E-state index in [-0.39, 0.29) is 24.7 Å². The van der Waals surface area contributed by atoms with E-state index in [9.17, 15) is 14.3 Å². The lowest BCUT2D eigenvalue weighted by atomic mass is 10.1. The van der Waals surface area contributed by atoms with E-state index in [1.165, 1.54) is 18.2 Å². The molecular formula is C33H24ClF2N3O5. The number of imidazole rings is 1. The number of halogens is 3. The van der Waals surface area contributed by atoms with Crippen molar-refractivity contribution >= 4 is 39.6 Å². The van der Waals surface area contributed by atoms with Gasteiger partial charge in [0, 0.05) is 41.7 Å². The molecule has 1 aliphatic heterocycles. The van der Waals surface area contributed by atoms with Gasteiger partial charge in [0.15, 0.2) is 0 Å². The molecule has 222 valence electrons. The van der Waals surface area contributed by atoms with Gasteiger partial charge in [-0.25, -0.2) is 19.2 Å². The average Bonchev–Trinajstić information content (AvgIpc) is 3.55. The summed E-state index contributed by atoms with van der Waals surface area (Å²) in [6.45, 7) is 1.24. The van der Waals surface area contributed by atoms with E-state index in [0.717, 1.165) is 6.42 Å². The fraction of sp³-hybridized carbons (Fsp3) is 0.182. The standard InChI is InChI=1S/C33H24ClF2N3O5/c34-24-8-6-21(32-23(24)15-29(36)44-32)17-43-31-3-1-2-26(38-31)19-5-4-18(25(35)12-19)14-30-37-27-9-7-20(33(40)41)13-28(27)39(30)16-22-10-11-42-22/h1-9,12-13,15,22H,10-11,14,16-17H2,(H,40,41)/t22-/m0/s1. The number of fused-ring (bicyclic) bond motifs is 2. The van der Waals surface area contributed by atoms with E-state index >= 15 is 4.39 Å². The largest absolute Gasteiger partial charge is 0.478 e. The van der Waals surface area contributed by atoms with Gasteiger partial charge >= 0.3 is 5.97 Å². The lowest BCUT2D eigenvalue weighted by Crippen LogP contribution is -2.31. The van der Waals surface area contributed by atoms with E-state index < -0.39 is 17.8 Å². The van der Waals surface area contributed by atoms with Gasteiger partial charge in [0.25, 0.3) is 6.01 Å². The van der Waals surface area contributed by atoms with Crippen molar-refractivity contribution in [1.29, 1.82) is 0 Å². The number of benzene rings is 3. The number of carboxylic acid groups (broad SMARTS) is 1. The SMILES string of the molecule is O=C(O)c1ccc2nc(Cc3ccc(-c4cccc(OCc5ccc(Cl)c6cc(F)oc56)n4)cc3F)n(C[C@@H]3CCO3)c2c1. The molecule has 3 aromatic carbocycles. The molecule has 3 aromatic heterocycles. The van der Waals surface area contributed by atoms with Crippen LogP contribution in [0.2, 0.25) is 5.02 Å². The van der Waals surface area contributed by atoms with Crippen molar-refractivity contribution in [1.82, 2.24) is 14.5 Å². The van der Waals surface area contributed by atoms with E-state index in [4.69, 9.17) is 30.5 Å². The minimum atomic E-state index is -1.03. The zero-order valence-corrected chi connectivity index (χ0v) is 23.9. The molecule has 8 nitrogen and oxygen atoms in total. The number of carboxylic acids is 1. The van der Waals surface area contributed by atoms with E-state index in [0.29, 0.717) is 74.3 Å². The van der Waals surface area contributed by atoms with Gasteiger partial charge in [-0.1, -0.05) is 35.9 Å². The second-order valence-electron chi connectivity index (χ2n) is 10.6. The van der Waals surface area contributed by atoms with Gasteiger partial charge < -0.3 is 23.6 Å². The van der Waals surface area contributed by atoms with Crippen molar-refractivity contribution in [2.24, 2.45) is 0 Å². The number of furan rings is 1. The Morgan fingerprint density at radius 1 is 1.05 bits per heavy atom. The van der Waals surface area contributed by atoms with Gasteiger partial charge in [-0.15, -0.1) is 0 Å². The first kappa shape index (κ1) is 28.0. The molecule has 1 fully saturated rings. The summed E-state index contributed by atoms with van der Waals surface area (Å²) in [7, 11) is 0. The Morgan fingerprint density at radius 3 is 2.66 bits per heavy atom. The van der Waals surface area contributed by atoms with Crippen LogP contribution in [0.25, 0.3) is 33.3 Å². The number of ether oxygens (including phenoxy) is 2. The summed E-state index contributed by atoms with van der Waals surface area (Å²) in [4.78, 5) is 20.8. The molecule has 1 atom stereocenters. The highest BCUT2D eigenvalue weighted by molar-refractivity contribution is 6.35. The summed E-state index contributed by atoms with van der Waals surface area (Å²) in [5.41, 5.74) is 3.87. The lowest BCUT2D eigenvalue weighted by molar-refractivity contribution is -0.0589. The molecule has 6 aromatic rings. The maximum atomic E-state index is 15.5. The van der Waals surface area contributed by atoms with Crippen molar-refractivity contribution in [2.45, 2.75) is 32.1 Å². The predicted octanol–water partition coefficient (Wildman–Crippen LogP) is 7.43. The van der Waals surface area contributed by atoms with Gasteiger partial charge in [-0.05, 0) is 48.4 Å². The maximum Gasteiger partial charge on any atom is 0.335 e. The second-order valence-corrected chi connectivity index (χ2v) is 11.0. The molecule has 4 heterocycles. The Labute approximate surface area is 254 Å². The van der Waals surface area contributed by atoms with Crippen LogP contribution < -0.4 is 4.74 Å². The highest BCUT2D eigenvalue weighted by atomic mass is 35.5. The van der Waals surface area contributed by atoms with E-state index in [2.05, 4.69) is 4.98 Å². The summed E-state index contributed by atoms with van der Waals surface area (Å²) >= 11 is 6.15. The molecule has 0 amide bonds. The molecule has 7 rings (SSSR count). The van der Waals surface area contributed by atoms with Crippen LogP contribution in [0, 0.1) is 11.8 Å². The normalized spacial score (nSPS) is 14.7. The fourth-order valence-electron chi connectivity index (χ4n) is 5.33. The Hall–Kier alpha value is -4.80. The third kappa shape index (κ3) is 5.38. The molecule has 1 aliphatic rings. The summed E-state index contributed by atoms with van der Waals surface area (Å²) in [5.74, 6) is -0.537. The molecule has 1 saturated heterocycles. The zero-order chi connectivity index (χ0) is 30.4. The number of carbonyl (C=O) groups is 1. The highest BCUT2D eigenvalue weighted by Gasteiger charge is 2.23. The van der Waals surface area contributed by atoms with Crippen LogP contribution in [0.5, 0.6) is 5.88 Å². The van der Waals surface area contributed by atoms with Crippen molar-refractivity contribution in [3.63, 3.8) is 0 Å². The minimum Gasteiger partial charge on any atom is -0.478 e. The van der Waals surface area contributed by atoms with E-state index in [1.807, 2.05) is 4.57 Å². The number of rotatable bonds is 9. The maximum absolute atomic E-state index is 15.5. The minimum absolute atomic E-state index is 0.00149. The first-order chi connectivity index (χ1) is 21.3. The van der Waals surface area contributed by atoms with Crippen molar-refractivity contribution in [3.05, 3.63) is 112 Å². The molecular weight excluding hydrogens is 592 g/mol. The van der Waals surface area contributed by atoms with Gasteiger partial charge in [0.1, 0.15) is 23.8 Å². The number of aromatic carboxylic acids is 1. The predicted molar refractivity (Wildman–Crippen MR) is 159 cm³/mol. The molecule has 0 spiro atoms. The number of hydrogen-bond acceptors (Lipinski definition) is 6. The summed E-state index contributed by atoms with van der Waals surface area (Å²) in [5, 5.41) is 10.3. The molecule has 0 radical (unpaired) electrons. The third-order valence-electron chi connectivity index (χ3n) is 7.73. The van der Waals surface area contributed by atoms with Crippen molar-refractivity contribution < 1.29 is 32.6 Å². The van der Waals surface area contributed by atoms with Gasteiger partial charge in [0.05, 0.1) is 40.0 Å². The number of nitrogens with zero attached hydrogens (tertiary/aromatic N) is 3. The molecule has 11 heteroatoms. The topological polar surface area (TPSA) is 99.6 Å². The molecule has 1 N–H and O–H groups in total. The fourth-order valence-corrected chi connectivity index (χ4v) is 5.54. The molecule has 44 heavy (non-hydrogen) atoms. The zero-order valence-electron chi connectivity index (χ0n) is 23.1. The smallest absolute Gasteiger partial charge is 0.335 e. The van der Waals surface area contributed by atoms with Gasteiger partial charge in [-0.3, -0.25) is 0 Å². The van der Waals surface area contributed by atoms with Crippen LogP contribution in [-0.4, -0.2) is 38.3 Å². The lowest BCUT2D eigenvalue weighted by Gasteiger charge is -2.27. The number of pyridine rings is 1. The summed E-state index contributed by atoms with van der Waals surface area (Å²) < 4.78 is 47.8. The third-order valence-corrected chi connectivity index (χ3v) is 8.06. The first-order valence-corrected chi connectivity index (χ1v) is 14.3. The monoisotopic (exact) mass is 615 g/mol. The second kappa shape index (κ2) is 11.4. The summed E-state index contributed by atoms with van der Waals surface area (Å²) in [6, 6.07) is 18.7. The molecule has 0 aliphatic carbocycles. The Kier molecular flexibility index (Phi) is 7.23. The quantitative estimate of drug-likeness (QED) is 0.180. The van der Waals surface area contributed by atoms with Crippen LogP contribution in [0.4, 0.5) is 8.78 Å². The Bertz CT molecular complexity index is 2050. The highest BCUT2D eigenvalue weighted by Crippen LogP contribution is 2.31. The van der Waals surface area contributed by atoms with Crippen LogP contribution in [0.1, 0.15) is 33.7 Å². The molecule has 0 saturated carbocycles. The van der Waals surface area contributed by atoms with Crippen molar-refractivity contribution in [3.8, 4) is 17.1 Å². The number of hydrogen-bond donors (Lipinski definition) is 1. The molecule has 0 bridgehead atoms. The van der Waals surface area contributed by atoms with Gasteiger partial charge in [-0.2, -0.15) is 4.39 Å². The average molecular weight is 616 g/mol. The van der Waals surface area contributed by atoms with E-state index in [1.54, 1.807) is 54.6 Å². The van der Waals surface area contributed by atoms with Crippen LogP contribution in [0.15, 0.2) is 77.2 Å². The Balaban J connectivity index is 1.12. The first-order valence-electron chi connectivity index (χ1n) is 13.9. The van der Waals surface area contributed by atoms with Crippen LogP contribution >= 0.6 is 11.6 Å². The summed E-state index contributed by atoms with van der Waals surface area (Å²) in [6.07, 6.45) is 1.09. The Morgan fingerprint density at radius 2 is 1.89 bits per heavy atom. The molecule has 0 unspecified atom stereocenters.